The average molecular weight is 462 g/mol. The lowest BCUT2D eigenvalue weighted by Gasteiger charge is -2.34. The molecular weight excluding hydrogens is 430 g/mol. The molecule has 0 bridgehead atoms. The zero-order valence-electron chi connectivity index (χ0n) is 19.5. The molecule has 0 saturated carbocycles. The van der Waals surface area contributed by atoms with Gasteiger partial charge in [0.15, 0.2) is 5.78 Å². The Labute approximate surface area is 200 Å². The van der Waals surface area contributed by atoms with E-state index in [0.717, 1.165) is 36.5 Å². The van der Waals surface area contributed by atoms with E-state index in [9.17, 15) is 14.7 Å². The number of rotatable bonds is 7. The Hall–Kier alpha value is -3.45. The second-order valence-corrected chi connectivity index (χ2v) is 8.70. The van der Waals surface area contributed by atoms with Gasteiger partial charge in [0.2, 0.25) is 0 Å². The summed E-state index contributed by atoms with van der Waals surface area (Å²) in [6.45, 7) is 4.26. The highest BCUT2D eigenvalue weighted by molar-refractivity contribution is 6.14. The smallest absolute Gasteiger partial charge is 0.253 e. The predicted molar refractivity (Wildman–Crippen MR) is 132 cm³/mol. The van der Waals surface area contributed by atoms with Gasteiger partial charge in [0.25, 0.3) is 5.91 Å². The molecule has 2 aromatic rings. The van der Waals surface area contributed by atoms with Crippen LogP contribution in [0.15, 0.2) is 70.9 Å². The summed E-state index contributed by atoms with van der Waals surface area (Å²) in [7, 11) is 1.62. The van der Waals surface area contributed by atoms with E-state index in [4.69, 9.17) is 4.74 Å². The third-order valence-electron chi connectivity index (χ3n) is 6.52. The summed E-state index contributed by atoms with van der Waals surface area (Å²) in [6, 6.07) is 17.0. The number of ketones is 1. The maximum Gasteiger partial charge on any atom is 0.253 e. The van der Waals surface area contributed by atoms with Crippen molar-refractivity contribution in [2.75, 3.05) is 46.4 Å². The second kappa shape index (κ2) is 11.1. The molecule has 0 radical (unpaired) electrons. The Morgan fingerprint density at radius 2 is 1.76 bits per heavy atom. The predicted octanol–water partition coefficient (Wildman–Crippen LogP) is 3.48. The van der Waals surface area contributed by atoms with Gasteiger partial charge in [-0.2, -0.15) is 0 Å². The molecule has 2 aromatic carbocycles. The Morgan fingerprint density at radius 1 is 1.06 bits per heavy atom. The fraction of sp³-hybridized carbons (Fsp3) is 0.370. The van der Waals surface area contributed by atoms with Gasteiger partial charge >= 0.3 is 0 Å². The standard InChI is InChI=1S/C27H31N3O4/c1-34-23-9-7-20(8-10-23)22-17-25(31)24(26(32)18-22)19-28-11-12-29-13-15-30(16-14-29)27(33)21-5-3-2-4-6-21/h2-10,19,22,31H,11-18H2,1H3. The van der Waals surface area contributed by atoms with Crippen molar-refractivity contribution in [3.05, 3.63) is 77.1 Å². The van der Waals surface area contributed by atoms with Crippen molar-refractivity contribution in [3.8, 4) is 5.75 Å². The summed E-state index contributed by atoms with van der Waals surface area (Å²) in [6.07, 6.45) is 2.31. The molecular formula is C27H31N3O4. The summed E-state index contributed by atoms with van der Waals surface area (Å²) < 4.78 is 5.18. The third kappa shape index (κ3) is 5.72. The van der Waals surface area contributed by atoms with Crippen LogP contribution < -0.4 is 4.74 Å². The summed E-state index contributed by atoms with van der Waals surface area (Å²) in [5, 5.41) is 10.5. The number of nitrogens with zero attached hydrogens (tertiary/aromatic N) is 3. The van der Waals surface area contributed by atoms with Gasteiger partial charge in [-0.15, -0.1) is 0 Å². The Balaban J connectivity index is 1.24. The molecule has 1 amide bonds. The van der Waals surface area contributed by atoms with E-state index in [-0.39, 0.29) is 23.4 Å². The zero-order chi connectivity index (χ0) is 23.9. The largest absolute Gasteiger partial charge is 0.511 e. The molecule has 4 rings (SSSR count). The van der Waals surface area contributed by atoms with Gasteiger partial charge in [-0.05, 0) is 35.7 Å². The molecule has 7 heteroatoms. The van der Waals surface area contributed by atoms with Crippen LogP contribution in [0.3, 0.4) is 0 Å². The monoisotopic (exact) mass is 461 g/mol. The highest BCUT2D eigenvalue weighted by Crippen LogP contribution is 2.33. The lowest BCUT2D eigenvalue weighted by molar-refractivity contribution is -0.116. The molecule has 0 spiro atoms. The Bertz CT molecular complexity index is 1060. The molecule has 34 heavy (non-hydrogen) atoms. The van der Waals surface area contributed by atoms with Crippen LogP contribution in [0.2, 0.25) is 0 Å². The van der Waals surface area contributed by atoms with Crippen molar-refractivity contribution in [3.63, 3.8) is 0 Å². The van der Waals surface area contributed by atoms with Crippen LogP contribution in [0.25, 0.3) is 0 Å². The number of aliphatic hydroxyl groups is 1. The van der Waals surface area contributed by atoms with Crippen LogP contribution in [-0.4, -0.2) is 79.2 Å². The number of Topliss-reactive ketones (excluding diaryl/α,β-unsaturated/α-hetero) is 1. The van der Waals surface area contributed by atoms with E-state index < -0.39 is 0 Å². The molecule has 1 fully saturated rings. The average Bonchev–Trinajstić information content (AvgIpc) is 2.88. The van der Waals surface area contributed by atoms with Crippen molar-refractivity contribution in [2.24, 2.45) is 4.99 Å². The number of carbonyl (C=O) groups is 2. The van der Waals surface area contributed by atoms with Crippen LogP contribution in [0.5, 0.6) is 5.75 Å². The summed E-state index contributed by atoms with van der Waals surface area (Å²) >= 11 is 0. The second-order valence-electron chi connectivity index (χ2n) is 8.70. The molecule has 1 aliphatic heterocycles. The number of benzene rings is 2. The van der Waals surface area contributed by atoms with E-state index in [2.05, 4.69) is 9.89 Å². The number of allylic oxidation sites excluding steroid dienone is 2. The first-order chi connectivity index (χ1) is 16.5. The fourth-order valence-corrected chi connectivity index (χ4v) is 4.46. The maximum absolute atomic E-state index is 12.6. The zero-order valence-corrected chi connectivity index (χ0v) is 19.5. The van der Waals surface area contributed by atoms with Gasteiger partial charge in [-0.1, -0.05) is 30.3 Å². The van der Waals surface area contributed by atoms with Crippen LogP contribution in [0.1, 0.15) is 34.7 Å². The van der Waals surface area contributed by atoms with Crippen molar-refractivity contribution >= 4 is 17.9 Å². The van der Waals surface area contributed by atoms with E-state index in [1.807, 2.05) is 59.5 Å². The van der Waals surface area contributed by atoms with Gasteiger partial charge in [-0.25, -0.2) is 0 Å². The van der Waals surface area contributed by atoms with Crippen LogP contribution >= 0.6 is 0 Å². The molecule has 1 aliphatic carbocycles. The van der Waals surface area contributed by atoms with Gasteiger partial charge in [-0.3, -0.25) is 19.5 Å². The number of ether oxygens (including phenoxy) is 1. The van der Waals surface area contributed by atoms with Crippen molar-refractivity contribution < 1.29 is 19.4 Å². The lowest BCUT2D eigenvalue weighted by Crippen LogP contribution is -2.49. The molecule has 0 aromatic heterocycles. The highest BCUT2D eigenvalue weighted by Gasteiger charge is 2.28. The molecule has 1 saturated heterocycles. The van der Waals surface area contributed by atoms with E-state index in [1.54, 1.807) is 7.11 Å². The van der Waals surface area contributed by atoms with Gasteiger partial charge in [0, 0.05) is 57.3 Å². The van der Waals surface area contributed by atoms with E-state index in [0.29, 0.717) is 38.0 Å². The minimum Gasteiger partial charge on any atom is -0.511 e. The number of aliphatic imine (C=N–C) groups is 1. The third-order valence-corrected chi connectivity index (χ3v) is 6.52. The van der Waals surface area contributed by atoms with Crippen molar-refractivity contribution in [2.45, 2.75) is 18.8 Å². The van der Waals surface area contributed by atoms with Crippen LogP contribution in [0.4, 0.5) is 0 Å². The van der Waals surface area contributed by atoms with Crippen molar-refractivity contribution in [1.82, 2.24) is 9.80 Å². The number of aliphatic hydroxyl groups excluding tert-OH is 1. The minimum atomic E-state index is -0.0821. The number of carbonyl (C=O) groups excluding carboxylic acids is 2. The molecule has 1 atom stereocenters. The van der Waals surface area contributed by atoms with E-state index >= 15 is 0 Å². The van der Waals surface area contributed by atoms with Crippen LogP contribution in [-0.2, 0) is 4.79 Å². The maximum atomic E-state index is 12.6. The van der Waals surface area contributed by atoms with Crippen molar-refractivity contribution in [1.29, 1.82) is 0 Å². The number of methoxy groups -OCH3 is 1. The fourth-order valence-electron chi connectivity index (χ4n) is 4.46. The molecule has 178 valence electrons. The number of hydrogen-bond acceptors (Lipinski definition) is 6. The van der Waals surface area contributed by atoms with Gasteiger partial charge in [0.1, 0.15) is 11.5 Å². The first-order valence-electron chi connectivity index (χ1n) is 11.7. The summed E-state index contributed by atoms with van der Waals surface area (Å²) in [5.74, 6) is 0.827. The normalized spacial score (nSPS) is 19.6. The molecule has 7 nitrogen and oxygen atoms in total. The molecule has 1 unspecified atom stereocenters. The van der Waals surface area contributed by atoms with Gasteiger partial charge in [0.05, 0.1) is 19.2 Å². The van der Waals surface area contributed by atoms with Crippen LogP contribution in [0, 0.1) is 0 Å². The number of hydrogen-bond donors (Lipinski definition) is 1. The SMILES string of the molecule is COc1ccc(C2CC(=O)C(C=NCCN3CCN(C(=O)c4ccccc4)CC3)=C(O)C2)cc1. The molecule has 1 heterocycles. The lowest BCUT2D eigenvalue weighted by atomic mass is 9.83. The highest BCUT2D eigenvalue weighted by atomic mass is 16.5. The topological polar surface area (TPSA) is 82.4 Å². The van der Waals surface area contributed by atoms with E-state index in [1.165, 1.54) is 6.21 Å². The summed E-state index contributed by atoms with van der Waals surface area (Å²) in [5.41, 5.74) is 2.06. The number of piperazine rings is 1. The molecule has 2 aliphatic rings. The first-order valence-corrected chi connectivity index (χ1v) is 11.7. The molecule has 1 N–H and O–H groups in total. The minimum absolute atomic E-state index is 0.0366. The Kier molecular flexibility index (Phi) is 7.75. The number of amides is 1. The first kappa shape index (κ1) is 23.7. The summed E-state index contributed by atoms with van der Waals surface area (Å²) in [4.78, 5) is 33.8. The van der Waals surface area contributed by atoms with Gasteiger partial charge < -0.3 is 14.7 Å². The Morgan fingerprint density at radius 3 is 2.41 bits per heavy atom. The quantitative estimate of drug-likeness (QED) is 0.639.